The summed E-state index contributed by atoms with van der Waals surface area (Å²) in [6.45, 7) is 0.470. The van der Waals surface area contributed by atoms with Crippen molar-refractivity contribution in [3.05, 3.63) is 58.9 Å². The molecule has 0 aliphatic carbocycles. The van der Waals surface area contributed by atoms with Gasteiger partial charge in [0, 0.05) is 30.9 Å². The largest absolute Gasteiger partial charge is 0.497 e. The topological polar surface area (TPSA) is 121 Å². The predicted octanol–water partition coefficient (Wildman–Crippen LogP) is 2.55. The number of benzene rings is 1. The van der Waals surface area contributed by atoms with Crippen LogP contribution in [0.5, 0.6) is 5.75 Å². The average molecular weight is 475 g/mol. The highest BCUT2D eigenvalue weighted by Crippen LogP contribution is 2.33. The van der Waals surface area contributed by atoms with Crippen LogP contribution in [0.1, 0.15) is 12.8 Å². The normalized spacial score (nSPS) is 17.1. The molecule has 168 valence electrons. The lowest BCUT2D eigenvalue weighted by molar-refractivity contribution is -0.120. The molecule has 0 bridgehead atoms. The Morgan fingerprint density at radius 2 is 2.09 bits per heavy atom. The van der Waals surface area contributed by atoms with Crippen LogP contribution in [-0.4, -0.2) is 49.0 Å². The molecule has 3 heterocycles. The third kappa shape index (κ3) is 4.74. The minimum Gasteiger partial charge on any atom is -0.497 e. The van der Waals surface area contributed by atoms with Crippen molar-refractivity contribution in [1.82, 2.24) is 14.5 Å². The first kappa shape index (κ1) is 22.2. The summed E-state index contributed by atoms with van der Waals surface area (Å²) < 4.78 is 33.1. The summed E-state index contributed by atoms with van der Waals surface area (Å²) in [6.07, 6.45) is 1.20. The van der Waals surface area contributed by atoms with E-state index in [2.05, 4.69) is 15.5 Å². The van der Waals surface area contributed by atoms with Crippen molar-refractivity contribution in [3.63, 3.8) is 0 Å². The zero-order valence-electron chi connectivity index (χ0n) is 17.3. The molecular formula is C21H22N4O5S2. The molecule has 1 aliphatic rings. The fraction of sp³-hybridized carbons (Fsp3) is 0.286. The summed E-state index contributed by atoms with van der Waals surface area (Å²) in [5.74, 6) is -0.0476. The maximum atomic E-state index is 13.2. The maximum Gasteiger partial charge on any atom is 0.264 e. The van der Waals surface area contributed by atoms with Crippen LogP contribution in [0, 0.1) is 5.92 Å². The number of carbonyl (C=O) groups is 1. The number of ether oxygens (including phenoxy) is 1. The Kier molecular flexibility index (Phi) is 6.40. The lowest BCUT2D eigenvalue weighted by atomic mass is 9.98. The van der Waals surface area contributed by atoms with Crippen molar-refractivity contribution < 1.29 is 17.9 Å². The second-order valence-electron chi connectivity index (χ2n) is 7.35. The van der Waals surface area contributed by atoms with Crippen molar-refractivity contribution in [1.29, 1.82) is 0 Å². The number of anilines is 1. The fourth-order valence-corrected chi connectivity index (χ4v) is 6.48. The maximum absolute atomic E-state index is 13.2. The molecule has 4 rings (SSSR count). The Labute approximate surface area is 189 Å². The minimum atomic E-state index is -3.76. The SMILES string of the molecule is COc1cccc(NC(=O)[C@@H]2CCCN(S(=O)(=O)c3ccc(-c4ccc(=O)[nH]n4)s3)C2)c1. The van der Waals surface area contributed by atoms with Crippen LogP contribution in [-0.2, 0) is 14.8 Å². The number of piperidine rings is 1. The predicted molar refractivity (Wildman–Crippen MR) is 121 cm³/mol. The third-order valence-electron chi connectivity index (χ3n) is 5.20. The van der Waals surface area contributed by atoms with Gasteiger partial charge in [0.15, 0.2) is 0 Å². The first-order chi connectivity index (χ1) is 15.4. The Hall–Kier alpha value is -3.02. The number of rotatable bonds is 6. The Balaban J connectivity index is 1.48. The van der Waals surface area contributed by atoms with Gasteiger partial charge in [0.2, 0.25) is 5.91 Å². The molecule has 0 unspecified atom stereocenters. The highest BCUT2D eigenvalue weighted by molar-refractivity contribution is 7.91. The first-order valence-corrected chi connectivity index (χ1v) is 12.2. The molecule has 2 aromatic heterocycles. The minimum absolute atomic E-state index is 0.113. The summed E-state index contributed by atoms with van der Waals surface area (Å²) in [6, 6.07) is 13.1. The van der Waals surface area contributed by atoms with Crippen LogP contribution in [0.15, 0.2) is 57.5 Å². The van der Waals surface area contributed by atoms with Gasteiger partial charge >= 0.3 is 0 Å². The molecule has 0 radical (unpaired) electrons. The van der Waals surface area contributed by atoms with Gasteiger partial charge in [-0.3, -0.25) is 9.59 Å². The zero-order valence-corrected chi connectivity index (χ0v) is 18.9. The van der Waals surface area contributed by atoms with Crippen LogP contribution >= 0.6 is 11.3 Å². The van der Waals surface area contributed by atoms with Crippen LogP contribution in [0.4, 0.5) is 5.69 Å². The highest BCUT2D eigenvalue weighted by Gasteiger charge is 2.34. The molecule has 3 aromatic rings. The van der Waals surface area contributed by atoms with E-state index in [9.17, 15) is 18.0 Å². The monoisotopic (exact) mass is 474 g/mol. The molecule has 1 saturated heterocycles. The van der Waals surface area contributed by atoms with Gasteiger partial charge in [-0.25, -0.2) is 13.5 Å². The number of aromatic nitrogens is 2. The number of amides is 1. The molecule has 1 aromatic carbocycles. The number of nitrogens with zero attached hydrogens (tertiary/aromatic N) is 2. The molecule has 1 amide bonds. The highest BCUT2D eigenvalue weighted by atomic mass is 32.2. The third-order valence-corrected chi connectivity index (χ3v) is 8.64. The molecule has 1 atom stereocenters. The van der Waals surface area contributed by atoms with E-state index in [1.165, 1.54) is 16.4 Å². The molecule has 32 heavy (non-hydrogen) atoms. The molecule has 0 spiro atoms. The standard InChI is InChI=1S/C21H22N4O5S2/c1-30-16-6-2-5-15(12-16)22-21(27)14-4-3-11-25(13-14)32(28,29)20-10-8-18(31-20)17-7-9-19(26)24-23-17/h2,5-10,12,14H,3-4,11,13H2,1H3,(H,22,27)(H,24,26)/t14-/m1/s1. The van der Waals surface area contributed by atoms with Crippen molar-refractivity contribution in [2.24, 2.45) is 5.92 Å². The van der Waals surface area contributed by atoms with E-state index in [4.69, 9.17) is 4.74 Å². The molecule has 1 aliphatic heterocycles. The number of nitrogens with one attached hydrogen (secondary N) is 2. The molecule has 9 nitrogen and oxygen atoms in total. The van der Waals surface area contributed by atoms with Gasteiger partial charge in [0.05, 0.1) is 17.9 Å². The van der Waals surface area contributed by atoms with E-state index in [-0.39, 0.29) is 22.2 Å². The molecule has 11 heteroatoms. The zero-order chi connectivity index (χ0) is 22.7. The summed E-state index contributed by atoms with van der Waals surface area (Å²) in [7, 11) is -2.21. The van der Waals surface area contributed by atoms with Crippen molar-refractivity contribution in [2.45, 2.75) is 17.1 Å². The van der Waals surface area contributed by atoms with Crippen LogP contribution in [0.25, 0.3) is 10.6 Å². The quantitative estimate of drug-likeness (QED) is 0.566. The second-order valence-corrected chi connectivity index (χ2v) is 10.6. The summed E-state index contributed by atoms with van der Waals surface area (Å²) >= 11 is 1.08. The first-order valence-electron chi connectivity index (χ1n) is 9.98. The molecule has 1 fully saturated rings. The lowest BCUT2D eigenvalue weighted by Gasteiger charge is -2.30. The van der Waals surface area contributed by atoms with E-state index in [0.29, 0.717) is 41.4 Å². The average Bonchev–Trinajstić information content (AvgIpc) is 3.31. The van der Waals surface area contributed by atoms with Gasteiger partial charge in [-0.1, -0.05) is 6.07 Å². The van der Waals surface area contributed by atoms with Gasteiger partial charge in [-0.15, -0.1) is 11.3 Å². The van der Waals surface area contributed by atoms with Crippen LogP contribution < -0.4 is 15.6 Å². The molecule has 2 N–H and O–H groups in total. The summed E-state index contributed by atoms with van der Waals surface area (Å²) in [4.78, 5) is 24.6. The Morgan fingerprint density at radius 1 is 1.25 bits per heavy atom. The number of hydrogen-bond acceptors (Lipinski definition) is 7. The van der Waals surface area contributed by atoms with Gasteiger partial charge in [0.1, 0.15) is 15.7 Å². The molecule has 0 saturated carbocycles. The Morgan fingerprint density at radius 3 is 2.84 bits per heavy atom. The van der Waals surface area contributed by atoms with E-state index in [0.717, 1.165) is 11.3 Å². The van der Waals surface area contributed by atoms with Gasteiger partial charge in [-0.05, 0) is 43.2 Å². The van der Waals surface area contributed by atoms with Crippen LogP contribution in [0.3, 0.4) is 0 Å². The Bertz CT molecular complexity index is 1260. The second kappa shape index (κ2) is 9.23. The van der Waals surface area contributed by atoms with E-state index < -0.39 is 15.9 Å². The number of carbonyl (C=O) groups excluding carboxylic acids is 1. The van der Waals surface area contributed by atoms with Gasteiger partial charge < -0.3 is 10.1 Å². The number of hydrogen-bond donors (Lipinski definition) is 2. The number of aromatic amines is 1. The lowest BCUT2D eigenvalue weighted by Crippen LogP contribution is -2.43. The van der Waals surface area contributed by atoms with E-state index in [1.807, 2.05) is 0 Å². The van der Waals surface area contributed by atoms with Gasteiger partial charge in [0.25, 0.3) is 15.6 Å². The fourth-order valence-electron chi connectivity index (χ4n) is 3.53. The van der Waals surface area contributed by atoms with Crippen molar-refractivity contribution >= 4 is 33.0 Å². The summed E-state index contributed by atoms with van der Waals surface area (Å²) in [5, 5.41) is 9.14. The number of methoxy groups -OCH3 is 1. The van der Waals surface area contributed by atoms with Crippen molar-refractivity contribution in [2.75, 3.05) is 25.5 Å². The number of sulfonamides is 1. The number of H-pyrrole nitrogens is 1. The number of thiophene rings is 1. The smallest absolute Gasteiger partial charge is 0.264 e. The molecular weight excluding hydrogens is 452 g/mol. The van der Waals surface area contributed by atoms with Gasteiger partial charge in [-0.2, -0.15) is 9.40 Å². The van der Waals surface area contributed by atoms with Crippen LogP contribution in [0.2, 0.25) is 0 Å². The van der Waals surface area contributed by atoms with E-state index >= 15 is 0 Å². The van der Waals surface area contributed by atoms with E-state index in [1.54, 1.807) is 43.5 Å². The van der Waals surface area contributed by atoms with Crippen molar-refractivity contribution in [3.8, 4) is 16.3 Å². The summed E-state index contributed by atoms with van der Waals surface area (Å²) in [5.41, 5.74) is 0.764.